The lowest BCUT2D eigenvalue weighted by molar-refractivity contribution is -0.0220. The van der Waals surface area contributed by atoms with Crippen LogP contribution in [0.25, 0.3) is 11.1 Å². The summed E-state index contributed by atoms with van der Waals surface area (Å²) >= 11 is 0. The molecule has 1 aromatic carbocycles. The number of nitrogens with two attached hydrogens (primary N) is 1. The van der Waals surface area contributed by atoms with Gasteiger partial charge in [0, 0.05) is 55.3 Å². The van der Waals surface area contributed by atoms with Crippen molar-refractivity contribution in [3.63, 3.8) is 0 Å². The van der Waals surface area contributed by atoms with E-state index in [1.54, 1.807) is 12.4 Å². The van der Waals surface area contributed by atoms with Crippen molar-refractivity contribution in [1.29, 1.82) is 0 Å². The molecule has 0 spiro atoms. The second kappa shape index (κ2) is 5.31. The van der Waals surface area contributed by atoms with Crippen LogP contribution in [0.1, 0.15) is 12.8 Å². The van der Waals surface area contributed by atoms with Crippen molar-refractivity contribution in [2.45, 2.75) is 18.8 Å². The van der Waals surface area contributed by atoms with E-state index in [0.717, 1.165) is 16.8 Å². The van der Waals surface area contributed by atoms with Crippen LogP contribution >= 0.6 is 0 Å². The second-order valence-corrected chi connectivity index (χ2v) is 5.36. The number of halogens is 2. The molecule has 110 valence electrons. The smallest absolute Gasteiger partial charge is 0.251 e. The van der Waals surface area contributed by atoms with E-state index in [1.165, 1.54) is 0 Å². The number of anilines is 2. The number of aromatic nitrogens is 1. The minimum atomic E-state index is -2.55. The fourth-order valence-corrected chi connectivity index (χ4v) is 2.66. The summed E-state index contributed by atoms with van der Waals surface area (Å²) in [7, 11) is 0. The van der Waals surface area contributed by atoms with Gasteiger partial charge >= 0.3 is 0 Å². The zero-order chi connectivity index (χ0) is 14.9. The van der Waals surface area contributed by atoms with Crippen molar-refractivity contribution in [3.8, 4) is 11.1 Å². The maximum Gasteiger partial charge on any atom is 0.251 e. The van der Waals surface area contributed by atoms with Gasteiger partial charge in [-0.25, -0.2) is 8.78 Å². The summed E-state index contributed by atoms with van der Waals surface area (Å²) in [4.78, 5) is 6.00. The van der Waals surface area contributed by atoms with Crippen molar-refractivity contribution in [2.24, 2.45) is 0 Å². The lowest BCUT2D eigenvalue weighted by Gasteiger charge is -2.34. The van der Waals surface area contributed by atoms with Crippen LogP contribution in [0.15, 0.2) is 42.7 Å². The third kappa shape index (κ3) is 2.96. The molecule has 1 saturated heterocycles. The summed E-state index contributed by atoms with van der Waals surface area (Å²) < 4.78 is 26.7. The molecule has 0 bridgehead atoms. The number of nitrogens with zero attached hydrogens (tertiary/aromatic N) is 2. The molecule has 1 aromatic heterocycles. The third-order valence-corrected chi connectivity index (χ3v) is 3.85. The average molecular weight is 289 g/mol. The molecule has 1 aliphatic heterocycles. The highest BCUT2D eigenvalue weighted by Crippen LogP contribution is 2.36. The Kier molecular flexibility index (Phi) is 3.49. The molecule has 3 nitrogen and oxygen atoms in total. The van der Waals surface area contributed by atoms with E-state index in [2.05, 4.69) is 4.98 Å². The molecule has 1 fully saturated rings. The highest BCUT2D eigenvalue weighted by atomic mass is 19.3. The van der Waals surface area contributed by atoms with Gasteiger partial charge in [0.1, 0.15) is 0 Å². The first-order chi connectivity index (χ1) is 10.1. The molecule has 0 radical (unpaired) electrons. The summed E-state index contributed by atoms with van der Waals surface area (Å²) in [6.45, 7) is 0.684. The first-order valence-electron chi connectivity index (χ1n) is 6.98. The van der Waals surface area contributed by atoms with Gasteiger partial charge in [-0.3, -0.25) is 4.98 Å². The average Bonchev–Trinajstić information content (AvgIpc) is 2.48. The van der Waals surface area contributed by atoms with Crippen LogP contribution < -0.4 is 10.6 Å². The van der Waals surface area contributed by atoms with Gasteiger partial charge in [0.15, 0.2) is 0 Å². The Hall–Kier alpha value is -2.17. The van der Waals surface area contributed by atoms with Crippen molar-refractivity contribution < 1.29 is 8.78 Å². The van der Waals surface area contributed by atoms with Gasteiger partial charge in [0.05, 0.1) is 0 Å². The second-order valence-electron chi connectivity index (χ2n) is 5.36. The number of hydrogen-bond acceptors (Lipinski definition) is 3. The maximum atomic E-state index is 13.3. The predicted octanol–water partition coefficient (Wildman–Crippen LogP) is 3.57. The number of rotatable bonds is 2. The predicted molar refractivity (Wildman–Crippen MR) is 80.5 cm³/mol. The van der Waals surface area contributed by atoms with Gasteiger partial charge < -0.3 is 10.6 Å². The number of pyridine rings is 1. The molecule has 0 amide bonds. The van der Waals surface area contributed by atoms with Gasteiger partial charge in [-0.2, -0.15) is 0 Å². The van der Waals surface area contributed by atoms with E-state index in [9.17, 15) is 8.78 Å². The quantitative estimate of drug-likeness (QED) is 0.859. The number of nitrogen functional groups attached to an aromatic ring is 1. The van der Waals surface area contributed by atoms with E-state index < -0.39 is 5.92 Å². The van der Waals surface area contributed by atoms with E-state index in [-0.39, 0.29) is 12.8 Å². The molecule has 2 aromatic rings. The van der Waals surface area contributed by atoms with Gasteiger partial charge in [0.25, 0.3) is 5.92 Å². The number of hydrogen-bond donors (Lipinski definition) is 1. The van der Waals surface area contributed by atoms with Gasteiger partial charge in [0.2, 0.25) is 0 Å². The lowest BCUT2D eigenvalue weighted by atomic mass is 10.0. The summed E-state index contributed by atoms with van der Waals surface area (Å²) in [6.07, 6.45) is 3.22. The number of alkyl halides is 2. The molecule has 0 saturated carbocycles. The van der Waals surface area contributed by atoms with Crippen LogP contribution in [0, 0.1) is 0 Å². The highest BCUT2D eigenvalue weighted by molar-refractivity contribution is 5.81. The molecule has 2 heterocycles. The van der Waals surface area contributed by atoms with Crippen LogP contribution in [0.4, 0.5) is 20.2 Å². The Morgan fingerprint density at radius 3 is 2.38 bits per heavy atom. The Labute approximate surface area is 122 Å². The molecular formula is C16H17F2N3. The van der Waals surface area contributed by atoms with Crippen molar-refractivity contribution in [2.75, 3.05) is 23.7 Å². The van der Waals surface area contributed by atoms with E-state index >= 15 is 0 Å². The topological polar surface area (TPSA) is 42.1 Å². The summed E-state index contributed by atoms with van der Waals surface area (Å²) in [5, 5.41) is 0. The normalized spacial score (nSPS) is 17.7. The monoisotopic (exact) mass is 289 g/mol. The summed E-state index contributed by atoms with van der Waals surface area (Å²) in [6, 6.07) is 9.45. The van der Waals surface area contributed by atoms with Crippen LogP contribution in [-0.4, -0.2) is 24.0 Å². The molecule has 0 atom stereocenters. The maximum absolute atomic E-state index is 13.3. The summed E-state index contributed by atoms with van der Waals surface area (Å²) in [5.74, 6) is -2.55. The third-order valence-electron chi connectivity index (χ3n) is 3.85. The largest absolute Gasteiger partial charge is 0.399 e. The lowest BCUT2D eigenvalue weighted by Crippen LogP contribution is -2.39. The number of piperidine rings is 1. The standard InChI is InChI=1S/C16H17F2N3/c17-16(18)5-9-21(10-6-16)15-11-13(19)1-2-14(15)12-3-7-20-8-4-12/h1-4,7-8,11H,5-6,9-10,19H2. The van der Waals surface area contributed by atoms with Gasteiger partial charge in [-0.1, -0.05) is 6.07 Å². The van der Waals surface area contributed by atoms with Crippen molar-refractivity contribution in [3.05, 3.63) is 42.7 Å². The van der Waals surface area contributed by atoms with Crippen LogP contribution in [0.2, 0.25) is 0 Å². The minimum Gasteiger partial charge on any atom is -0.399 e. The highest BCUT2D eigenvalue weighted by Gasteiger charge is 2.34. The fraction of sp³-hybridized carbons (Fsp3) is 0.312. The zero-order valence-electron chi connectivity index (χ0n) is 11.6. The Morgan fingerprint density at radius 2 is 1.71 bits per heavy atom. The Bertz CT molecular complexity index is 619. The Morgan fingerprint density at radius 1 is 1.05 bits per heavy atom. The van der Waals surface area contributed by atoms with Crippen LogP contribution in [-0.2, 0) is 0 Å². The molecule has 5 heteroatoms. The molecule has 2 N–H and O–H groups in total. The molecule has 3 rings (SSSR count). The summed E-state index contributed by atoms with van der Waals surface area (Å²) in [5.41, 5.74) is 9.44. The first-order valence-corrected chi connectivity index (χ1v) is 6.98. The van der Waals surface area contributed by atoms with E-state index in [0.29, 0.717) is 18.8 Å². The van der Waals surface area contributed by atoms with E-state index in [1.807, 2.05) is 35.2 Å². The molecule has 21 heavy (non-hydrogen) atoms. The zero-order valence-corrected chi connectivity index (χ0v) is 11.6. The number of benzene rings is 1. The molecule has 0 unspecified atom stereocenters. The van der Waals surface area contributed by atoms with Crippen LogP contribution in [0.3, 0.4) is 0 Å². The molecular weight excluding hydrogens is 272 g/mol. The van der Waals surface area contributed by atoms with Gasteiger partial charge in [-0.05, 0) is 29.8 Å². The van der Waals surface area contributed by atoms with Gasteiger partial charge in [-0.15, -0.1) is 0 Å². The van der Waals surface area contributed by atoms with Crippen LogP contribution in [0.5, 0.6) is 0 Å². The Balaban J connectivity index is 1.96. The van der Waals surface area contributed by atoms with Crippen molar-refractivity contribution in [1.82, 2.24) is 4.98 Å². The first kappa shape index (κ1) is 13.8. The van der Waals surface area contributed by atoms with E-state index in [4.69, 9.17) is 5.73 Å². The molecule has 1 aliphatic rings. The SMILES string of the molecule is Nc1ccc(-c2ccncc2)c(N2CCC(F)(F)CC2)c1. The fourth-order valence-electron chi connectivity index (χ4n) is 2.66. The van der Waals surface area contributed by atoms with Crippen molar-refractivity contribution >= 4 is 11.4 Å². The minimum absolute atomic E-state index is 0.114. The molecule has 0 aliphatic carbocycles.